The quantitative estimate of drug-likeness (QED) is 0.238. The lowest BCUT2D eigenvalue weighted by Crippen LogP contribution is -2.30. The number of hydrogen-bond donors (Lipinski definition) is 2. The fourth-order valence-electron chi connectivity index (χ4n) is 2.92. The number of methoxy groups -OCH3 is 1. The molecule has 0 bridgehead atoms. The maximum Gasteiger partial charge on any atom is 0.272 e. The maximum atomic E-state index is 13.0. The van der Waals surface area contributed by atoms with E-state index in [1.807, 2.05) is 0 Å². The standard InChI is InChI=1S/C23H17BrN4O7/c1-35-21-10-5-15(13-19(21)24)22(29)26-20(12-14-3-2-4-18(11-14)28(33)34)23(30)25-16-6-8-17(9-7-16)27(31)32/h2-13H,1H3,(H,25,30)(H,26,29). The summed E-state index contributed by atoms with van der Waals surface area (Å²) in [6.45, 7) is 0. The van der Waals surface area contributed by atoms with Gasteiger partial charge in [-0.2, -0.15) is 0 Å². The molecule has 0 heterocycles. The zero-order valence-electron chi connectivity index (χ0n) is 18.1. The number of halogens is 1. The minimum Gasteiger partial charge on any atom is -0.496 e. The molecule has 0 aliphatic heterocycles. The van der Waals surface area contributed by atoms with E-state index in [2.05, 4.69) is 26.6 Å². The predicted molar refractivity (Wildman–Crippen MR) is 131 cm³/mol. The first-order valence-electron chi connectivity index (χ1n) is 9.85. The van der Waals surface area contributed by atoms with E-state index in [-0.39, 0.29) is 28.3 Å². The lowest BCUT2D eigenvalue weighted by molar-refractivity contribution is -0.385. The number of nitro groups is 2. The van der Waals surface area contributed by atoms with Crippen molar-refractivity contribution in [3.05, 3.63) is 108 Å². The van der Waals surface area contributed by atoms with E-state index < -0.39 is 21.7 Å². The van der Waals surface area contributed by atoms with Gasteiger partial charge in [-0.05, 0) is 57.9 Å². The number of carbonyl (C=O) groups is 2. The summed E-state index contributed by atoms with van der Waals surface area (Å²) in [6.07, 6.45) is 1.28. The Morgan fingerprint density at radius 1 is 0.943 bits per heavy atom. The Hall–Kier alpha value is -4.58. The van der Waals surface area contributed by atoms with Crippen molar-refractivity contribution in [2.24, 2.45) is 0 Å². The Morgan fingerprint density at radius 2 is 1.63 bits per heavy atom. The monoisotopic (exact) mass is 540 g/mol. The summed E-state index contributed by atoms with van der Waals surface area (Å²) in [4.78, 5) is 46.7. The number of benzene rings is 3. The molecule has 3 rings (SSSR count). The van der Waals surface area contributed by atoms with Gasteiger partial charge in [-0.15, -0.1) is 0 Å². The molecule has 2 N–H and O–H groups in total. The van der Waals surface area contributed by atoms with Crippen LogP contribution in [0, 0.1) is 20.2 Å². The second kappa shape index (κ2) is 11.0. The van der Waals surface area contributed by atoms with Gasteiger partial charge in [0.25, 0.3) is 23.2 Å². The SMILES string of the molecule is COc1ccc(C(=O)NC(=Cc2cccc([N+](=O)[O-])c2)C(=O)Nc2ccc([N+](=O)[O-])cc2)cc1Br. The second-order valence-electron chi connectivity index (χ2n) is 6.97. The second-order valence-corrected chi connectivity index (χ2v) is 7.83. The molecule has 12 heteroatoms. The van der Waals surface area contributed by atoms with Gasteiger partial charge >= 0.3 is 0 Å². The number of anilines is 1. The molecule has 2 amide bonds. The zero-order chi connectivity index (χ0) is 25.5. The van der Waals surface area contributed by atoms with Crippen LogP contribution in [0.4, 0.5) is 17.1 Å². The number of nitrogens with one attached hydrogen (secondary N) is 2. The number of hydrogen-bond acceptors (Lipinski definition) is 7. The summed E-state index contributed by atoms with van der Waals surface area (Å²) >= 11 is 3.30. The van der Waals surface area contributed by atoms with Crippen molar-refractivity contribution < 1.29 is 24.2 Å². The van der Waals surface area contributed by atoms with Gasteiger partial charge in [0.05, 0.1) is 21.4 Å². The zero-order valence-corrected chi connectivity index (χ0v) is 19.6. The van der Waals surface area contributed by atoms with Gasteiger partial charge in [-0.1, -0.05) is 12.1 Å². The van der Waals surface area contributed by atoms with Gasteiger partial charge < -0.3 is 15.4 Å². The fraction of sp³-hybridized carbons (Fsp3) is 0.0435. The van der Waals surface area contributed by atoms with Crippen LogP contribution in [0.5, 0.6) is 5.75 Å². The largest absolute Gasteiger partial charge is 0.496 e. The Kier molecular flexibility index (Phi) is 7.89. The van der Waals surface area contributed by atoms with E-state index in [0.29, 0.717) is 15.8 Å². The molecule has 178 valence electrons. The highest BCUT2D eigenvalue weighted by atomic mass is 79.9. The lowest BCUT2D eigenvalue weighted by Gasteiger charge is -2.12. The van der Waals surface area contributed by atoms with Crippen molar-refractivity contribution in [3.63, 3.8) is 0 Å². The molecule has 3 aromatic rings. The predicted octanol–water partition coefficient (Wildman–Crippen LogP) is 4.68. The molecule has 0 saturated carbocycles. The Bertz CT molecular complexity index is 1340. The van der Waals surface area contributed by atoms with Crippen molar-refractivity contribution in [1.29, 1.82) is 0 Å². The van der Waals surface area contributed by atoms with Crippen LogP contribution in [0.15, 0.2) is 76.9 Å². The van der Waals surface area contributed by atoms with E-state index in [1.54, 1.807) is 6.07 Å². The molecular weight excluding hydrogens is 524 g/mol. The van der Waals surface area contributed by atoms with Gasteiger partial charge in [0.15, 0.2) is 0 Å². The van der Waals surface area contributed by atoms with Crippen molar-refractivity contribution in [3.8, 4) is 5.75 Å². The van der Waals surface area contributed by atoms with Gasteiger partial charge in [-0.25, -0.2) is 0 Å². The summed E-state index contributed by atoms with van der Waals surface area (Å²) in [5, 5.41) is 27.0. The molecule has 0 spiro atoms. The average molecular weight is 541 g/mol. The van der Waals surface area contributed by atoms with Crippen LogP contribution in [0.3, 0.4) is 0 Å². The van der Waals surface area contributed by atoms with Crippen molar-refractivity contribution in [2.75, 3.05) is 12.4 Å². The molecule has 0 saturated heterocycles. The van der Waals surface area contributed by atoms with E-state index in [4.69, 9.17) is 4.74 Å². The topological polar surface area (TPSA) is 154 Å². The Labute approximate surface area is 206 Å². The number of carbonyl (C=O) groups excluding carboxylic acids is 2. The van der Waals surface area contributed by atoms with Gasteiger partial charge in [0.1, 0.15) is 11.4 Å². The van der Waals surface area contributed by atoms with Crippen LogP contribution in [-0.2, 0) is 4.79 Å². The fourth-order valence-corrected chi connectivity index (χ4v) is 3.46. The molecule has 11 nitrogen and oxygen atoms in total. The molecule has 0 atom stereocenters. The highest BCUT2D eigenvalue weighted by Crippen LogP contribution is 2.26. The summed E-state index contributed by atoms with van der Waals surface area (Å²) < 4.78 is 5.67. The number of ether oxygens (including phenoxy) is 1. The molecule has 0 aliphatic rings. The van der Waals surface area contributed by atoms with Gasteiger partial charge in [0, 0.05) is 35.5 Å². The minimum atomic E-state index is -0.744. The first kappa shape index (κ1) is 25.1. The Morgan fingerprint density at radius 3 is 2.23 bits per heavy atom. The molecular formula is C23H17BrN4O7. The average Bonchev–Trinajstić information content (AvgIpc) is 2.84. The third-order valence-electron chi connectivity index (χ3n) is 4.63. The molecule has 3 aromatic carbocycles. The summed E-state index contributed by atoms with van der Waals surface area (Å²) in [5.74, 6) is -0.861. The summed E-state index contributed by atoms with van der Waals surface area (Å²) in [6, 6.07) is 15.2. The highest BCUT2D eigenvalue weighted by Gasteiger charge is 2.17. The molecule has 0 fully saturated rings. The number of rotatable bonds is 8. The van der Waals surface area contributed by atoms with Crippen LogP contribution in [0.2, 0.25) is 0 Å². The third-order valence-corrected chi connectivity index (χ3v) is 5.25. The van der Waals surface area contributed by atoms with Gasteiger partial charge in [0.2, 0.25) is 0 Å². The summed E-state index contributed by atoms with van der Waals surface area (Å²) in [7, 11) is 1.47. The van der Waals surface area contributed by atoms with Crippen molar-refractivity contribution >= 4 is 50.9 Å². The lowest BCUT2D eigenvalue weighted by atomic mass is 10.1. The molecule has 0 radical (unpaired) electrons. The van der Waals surface area contributed by atoms with E-state index in [9.17, 15) is 29.8 Å². The number of nitrogens with zero attached hydrogens (tertiary/aromatic N) is 2. The van der Waals surface area contributed by atoms with Crippen LogP contribution >= 0.6 is 15.9 Å². The van der Waals surface area contributed by atoms with E-state index >= 15 is 0 Å². The van der Waals surface area contributed by atoms with Crippen LogP contribution in [0.1, 0.15) is 15.9 Å². The third kappa shape index (κ3) is 6.48. The first-order valence-corrected chi connectivity index (χ1v) is 10.6. The Balaban J connectivity index is 1.93. The first-order chi connectivity index (χ1) is 16.7. The molecule has 35 heavy (non-hydrogen) atoms. The normalized spacial score (nSPS) is 10.9. The minimum absolute atomic E-state index is 0.159. The van der Waals surface area contributed by atoms with Gasteiger partial charge in [-0.3, -0.25) is 29.8 Å². The molecule has 0 aliphatic carbocycles. The van der Waals surface area contributed by atoms with Crippen LogP contribution < -0.4 is 15.4 Å². The number of nitro benzene ring substituents is 2. The smallest absolute Gasteiger partial charge is 0.272 e. The van der Waals surface area contributed by atoms with Crippen LogP contribution in [-0.4, -0.2) is 28.8 Å². The van der Waals surface area contributed by atoms with E-state index in [1.165, 1.54) is 73.8 Å². The molecule has 0 unspecified atom stereocenters. The van der Waals surface area contributed by atoms with Crippen molar-refractivity contribution in [1.82, 2.24) is 5.32 Å². The molecule has 0 aromatic heterocycles. The summed E-state index contributed by atoms with van der Waals surface area (Å²) in [5.41, 5.74) is 0.191. The number of non-ortho nitro benzene ring substituents is 2. The number of amides is 2. The van der Waals surface area contributed by atoms with E-state index in [0.717, 1.165) is 0 Å². The van der Waals surface area contributed by atoms with Crippen LogP contribution in [0.25, 0.3) is 6.08 Å². The maximum absolute atomic E-state index is 13.0. The van der Waals surface area contributed by atoms with Crippen molar-refractivity contribution in [2.45, 2.75) is 0 Å². The highest BCUT2D eigenvalue weighted by molar-refractivity contribution is 9.10.